The first-order valence-corrected chi connectivity index (χ1v) is 8.74. The second-order valence-corrected chi connectivity index (χ2v) is 6.98. The minimum atomic E-state index is -0.218. The van der Waals surface area contributed by atoms with Crippen LogP contribution >= 0.6 is 0 Å². The lowest BCUT2D eigenvalue weighted by atomic mass is 10.0. The van der Waals surface area contributed by atoms with E-state index in [2.05, 4.69) is 4.90 Å². The van der Waals surface area contributed by atoms with Crippen molar-refractivity contribution in [1.29, 1.82) is 0 Å². The SMILES string of the molecule is O=C1[C@@H]2CCCN2C(=O)N1C1CCN(Cc2ccc(F)cc2)CC1. The predicted molar refractivity (Wildman–Crippen MR) is 86.7 cm³/mol. The molecule has 0 saturated carbocycles. The maximum Gasteiger partial charge on any atom is 0.327 e. The normalized spacial score (nSPS) is 25.6. The summed E-state index contributed by atoms with van der Waals surface area (Å²) in [7, 11) is 0. The zero-order valence-electron chi connectivity index (χ0n) is 13.7. The number of nitrogens with zero attached hydrogens (tertiary/aromatic N) is 3. The molecule has 3 aliphatic heterocycles. The number of carbonyl (C=O) groups is 2. The molecule has 0 radical (unpaired) electrons. The number of urea groups is 1. The molecular weight excluding hydrogens is 309 g/mol. The lowest BCUT2D eigenvalue weighted by Crippen LogP contribution is -2.48. The van der Waals surface area contributed by atoms with Crippen molar-refractivity contribution in [3.63, 3.8) is 0 Å². The Bertz CT molecular complexity index is 618. The number of benzene rings is 1. The zero-order valence-corrected chi connectivity index (χ0v) is 13.7. The first-order chi connectivity index (χ1) is 11.6. The van der Waals surface area contributed by atoms with Crippen LogP contribution in [-0.4, -0.2) is 58.4 Å². The van der Waals surface area contributed by atoms with E-state index in [9.17, 15) is 14.0 Å². The number of carbonyl (C=O) groups excluding carboxylic acids is 2. The van der Waals surface area contributed by atoms with E-state index in [4.69, 9.17) is 0 Å². The summed E-state index contributed by atoms with van der Waals surface area (Å²) in [5, 5.41) is 0. The van der Waals surface area contributed by atoms with Crippen molar-refractivity contribution in [2.24, 2.45) is 0 Å². The summed E-state index contributed by atoms with van der Waals surface area (Å²) in [6.45, 7) is 3.20. The van der Waals surface area contributed by atoms with Crippen molar-refractivity contribution >= 4 is 11.9 Å². The highest BCUT2D eigenvalue weighted by molar-refractivity contribution is 6.04. The second-order valence-electron chi connectivity index (χ2n) is 6.98. The van der Waals surface area contributed by atoms with Crippen LogP contribution in [0.1, 0.15) is 31.2 Å². The summed E-state index contributed by atoms with van der Waals surface area (Å²) in [5.74, 6) is -0.210. The van der Waals surface area contributed by atoms with Gasteiger partial charge >= 0.3 is 6.03 Å². The Labute approximate surface area is 141 Å². The van der Waals surface area contributed by atoms with Gasteiger partial charge in [0.05, 0.1) is 0 Å². The van der Waals surface area contributed by atoms with Gasteiger partial charge in [-0.25, -0.2) is 9.18 Å². The van der Waals surface area contributed by atoms with Gasteiger partial charge in [0.1, 0.15) is 11.9 Å². The van der Waals surface area contributed by atoms with E-state index in [1.165, 1.54) is 17.0 Å². The van der Waals surface area contributed by atoms with Crippen LogP contribution in [0, 0.1) is 5.82 Å². The van der Waals surface area contributed by atoms with Crippen LogP contribution in [0.25, 0.3) is 0 Å². The fourth-order valence-electron chi connectivity index (χ4n) is 4.17. The lowest BCUT2D eigenvalue weighted by molar-refractivity contribution is -0.130. The number of imide groups is 1. The molecule has 5 nitrogen and oxygen atoms in total. The van der Waals surface area contributed by atoms with E-state index >= 15 is 0 Å². The van der Waals surface area contributed by atoms with E-state index in [0.717, 1.165) is 57.4 Å². The monoisotopic (exact) mass is 331 g/mol. The molecule has 0 aromatic heterocycles. The van der Waals surface area contributed by atoms with Gasteiger partial charge in [0.15, 0.2) is 0 Å². The van der Waals surface area contributed by atoms with Gasteiger partial charge in [-0.05, 0) is 43.4 Å². The Morgan fingerprint density at radius 2 is 1.71 bits per heavy atom. The zero-order chi connectivity index (χ0) is 16.7. The molecule has 0 unspecified atom stereocenters. The molecule has 1 aromatic rings. The Hall–Kier alpha value is -1.95. The first kappa shape index (κ1) is 15.6. The van der Waals surface area contributed by atoms with Gasteiger partial charge in [0.25, 0.3) is 5.91 Å². The van der Waals surface area contributed by atoms with Gasteiger partial charge in [-0.1, -0.05) is 12.1 Å². The average Bonchev–Trinajstić information content (AvgIpc) is 3.15. The molecule has 0 N–H and O–H groups in total. The molecule has 3 amide bonds. The molecule has 4 rings (SSSR count). The lowest BCUT2D eigenvalue weighted by Gasteiger charge is -2.35. The minimum Gasteiger partial charge on any atom is -0.312 e. The summed E-state index contributed by atoms with van der Waals surface area (Å²) in [4.78, 5) is 30.6. The Morgan fingerprint density at radius 3 is 2.38 bits per heavy atom. The molecule has 0 spiro atoms. The third kappa shape index (κ3) is 2.69. The van der Waals surface area contributed by atoms with Crippen molar-refractivity contribution in [3.8, 4) is 0 Å². The molecule has 3 saturated heterocycles. The van der Waals surface area contributed by atoms with Gasteiger partial charge in [-0.2, -0.15) is 0 Å². The van der Waals surface area contributed by atoms with Crippen molar-refractivity contribution < 1.29 is 14.0 Å². The van der Waals surface area contributed by atoms with Crippen molar-refractivity contribution in [1.82, 2.24) is 14.7 Å². The smallest absolute Gasteiger partial charge is 0.312 e. The topological polar surface area (TPSA) is 43.9 Å². The number of rotatable bonds is 3. The third-order valence-electron chi connectivity index (χ3n) is 5.47. The first-order valence-electron chi connectivity index (χ1n) is 8.74. The number of hydrogen-bond donors (Lipinski definition) is 0. The number of fused-ring (bicyclic) bond motifs is 1. The van der Waals surface area contributed by atoms with Gasteiger partial charge in [-0.15, -0.1) is 0 Å². The third-order valence-corrected chi connectivity index (χ3v) is 5.47. The van der Waals surface area contributed by atoms with Crippen molar-refractivity contribution in [2.75, 3.05) is 19.6 Å². The van der Waals surface area contributed by atoms with Crippen LogP contribution in [0.3, 0.4) is 0 Å². The Kier molecular flexibility index (Phi) is 4.00. The quantitative estimate of drug-likeness (QED) is 0.798. The van der Waals surface area contributed by atoms with Crippen LogP contribution in [0.4, 0.5) is 9.18 Å². The van der Waals surface area contributed by atoms with Gasteiger partial charge < -0.3 is 4.90 Å². The van der Waals surface area contributed by atoms with E-state index in [1.807, 2.05) is 12.1 Å². The molecule has 1 aromatic carbocycles. The Balaban J connectivity index is 1.35. The molecule has 6 heteroatoms. The van der Waals surface area contributed by atoms with E-state index in [1.54, 1.807) is 4.90 Å². The molecule has 128 valence electrons. The van der Waals surface area contributed by atoms with Gasteiger partial charge in [-0.3, -0.25) is 14.6 Å². The van der Waals surface area contributed by atoms with Crippen LogP contribution in [0.5, 0.6) is 0 Å². The number of amides is 3. The summed E-state index contributed by atoms with van der Waals surface area (Å²) in [5.41, 5.74) is 1.09. The highest BCUT2D eigenvalue weighted by atomic mass is 19.1. The molecular formula is C18H22FN3O2. The molecule has 0 bridgehead atoms. The summed E-state index contributed by atoms with van der Waals surface area (Å²) < 4.78 is 13.0. The van der Waals surface area contributed by atoms with Gasteiger partial charge in [0, 0.05) is 32.2 Å². The molecule has 3 heterocycles. The fourth-order valence-corrected chi connectivity index (χ4v) is 4.17. The highest BCUT2D eigenvalue weighted by Gasteiger charge is 2.49. The summed E-state index contributed by atoms with van der Waals surface area (Å²) >= 11 is 0. The van der Waals surface area contributed by atoms with Crippen molar-refractivity contribution in [2.45, 2.75) is 44.3 Å². The molecule has 3 aliphatic rings. The van der Waals surface area contributed by atoms with Crippen LogP contribution in [-0.2, 0) is 11.3 Å². The predicted octanol–water partition coefficient (Wildman–Crippen LogP) is 2.22. The summed E-state index contributed by atoms with van der Waals surface area (Å²) in [6.07, 6.45) is 3.38. The molecule has 0 aliphatic carbocycles. The van der Waals surface area contributed by atoms with E-state index in [0.29, 0.717) is 0 Å². The number of hydrogen-bond acceptors (Lipinski definition) is 3. The van der Waals surface area contributed by atoms with Crippen LogP contribution in [0.2, 0.25) is 0 Å². The van der Waals surface area contributed by atoms with E-state index < -0.39 is 0 Å². The van der Waals surface area contributed by atoms with Crippen LogP contribution in [0.15, 0.2) is 24.3 Å². The average molecular weight is 331 g/mol. The standard InChI is InChI=1S/C18H22FN3O2/c19-14-5-3-13(4-6-14)12-20-10-7-15(8-11-20)22-17(23)16-2-1-9-21(16)18(22)24/h3-6,15-16H,1-2,7-12H2/t16-/m0/s1. The number of piperidine rings is 1. The fraction of sp³-hybridized carbons (Fsp3) is 0.556. The maximum atomic E-state index is 13.0. The summed E-state index contributed by atoms with van der Waals surface area (Å²) in [6, 6.07) is 6.33. The minimum absolute atomic E-state index is 0.00878. The largest absolute Gasteiger partial charge is 0.327 e. The second kappa shape index (κ2) is 6.16. The molecule has 1 atom stereocenters. The number of halogens is 1. The highest BCUT2D eigenvalue weighted by Crippen LogP contribution is 2.31. The molecule has 3 fully saturated rings. The maximum absolute atomic E-state index is 13.0. The molecule has 24 heavy (non-hydrogen) atoms. The van der Waals surface area contributed by atoms with Crippen LogP contribution < -0.4 is 0 Å². The Morgan fingerprint density at radius 1 is 1.00 bits per heavy atom. The van der Waals surface area contributed by atoms with Gasteiger partial charge in [0.2, 0.25) is 0 Å². The van der Waals surface area contributed by atoms with Crippen molar-refractivity contribution in [3.05, 3.63) is 35.6 Å². The van der Waals surface area contributed by atoms with E-state index in [-0.39, 0.29) is 29.8 Å². The number of likely N-dealkylation sites (tertiary alicyclic amines) is 1.